The predicted molar refractivity (Wildman–Crippen MR) is 149 cm³/mol. The van der Waals surface area contributed by atoms with Crippen LogP contribution in [-0.2, 0) is 0 Å². The summed E-state index contributed by atoms with van der Waals surface area (Å²) in [5, 5.41) is 0. The minimum atomic E-state index is 0.307. The average Bonchev–Trinajstić information content (AvgIpc) is 3.00. The molecule has 4 aliphatic rings. The Labute approximate surface area is 225 Å². The van der Waals surface area contributed by atoms with E-state index in [1.54, 1.807) is 33.3 Å². The number of ether oxygens (including phenoxy) is 4. The summed E-state index contributed by atoms with van der Waals surface area (Å²) in [6.45, 7) is 1.73. The fourth-order valence-electron chi connectivity index (χ4n) is 4.88. The van der Waals surface area contributed by atoms with Gasteiger partial charge in [-0.3, -0.25) is 0 Å². The highest BCUT2D eigenvalue weighted by atomic mass is 16.5. The van der Waals surface area contributed by atoms with Crippen LogP contribution >= 0.6 is 0 Å². The number of likely N-dealkylation sites (tertiary alicyclic amines) is 1. The SMILES string of the molecule is COc1cccc(OC)c1C1=NC2=NC(c3c(OC)cccc3OC)=NC3=NC(N4CCCCC4)=NC(=N1)N23. The molecule has 6 rings (SSSR count). The van der Waals surface area contributed by atoms with E-state index >= 15 is 0 Å². The fraction of sp³-hybridized carbons (Fsp3) is 0.333. The maximum absolute atomic E-state index is 5.64. The molecule has 200 valence electrons. The number of nitrogens with zero attached hydrogens (tertiary/aromatic N) is 8. The van der Waals surface area contributed by atoms with Crippen LogP contribution in [0.1, 0.15) is 30.4 Å². The van der Waals surface area contributed by atoms with Crippen LogP contribution in [0.5, 0.6) is 23.0 Å². The molecule has 0 spiro atoms. The Morgan fingerprint density at radius 1 is 0.513 bits per heavy atom. The molecule has 0 N–H and O–H groups in total. The van der Waals surface area contributed by atoms with Crippen LogP contribution in [0.25, 0.3) is 0 Å². The summed E-state index contributed by atoms with van der Waals surface area (Å²) in [4.78, 5) is 32.7. The average molecular weight is 529 g/mol. The number of hydrogen-bond acceptors (Lipinski definition) is 12. The minimum Gasteiger partial charge on any atom is -0.496 e. The van der Waals surface area contributed by atoms with Crippen LogP contribution in [0, 0.1) is 0 Å². The second kappa shape index (κ2) is 10.2. The van der Waals surface area contributed by atoms with Crippen LogP contribution in [0.2, 0.25) is 0 Å². The highest BCUT2D eigenvalue weighted by molar-refractivity contribution is 6.33. The summed E-state index contributed by atoms with van der Waals surface area (Å²) in [6.07, 6.45) is 3.33. The second-order valence-corrected chi connectivity index (χ2v) is 8.98. The zero-order valence-electron chi connectivity index (χ0n) is 22.2. The van der Waals surface area contributed by atoms with Gasteiger partial charge in [-0.15, -0.1) is 0 Å². The summed E-state index contributed by atoms with van der Waals surface area (Å²) in [6, 6.07) is 11.0. The van der Waals surface area contributed by atoms with E-state index in [2.05, 4.69) is 4.90 Å². The van der Waals surface area contributed by atoms with Gasteiger partial charge in [0, 0.05) is 13.1 Å². The Morgan fingerprint density at radius 3 is 1.38 bits per heavy atom. The first-order valence-electron chi connectivity index (χ1n) is 12.6. The molecule has 0 aromatic heterocycles. The standard InChI is InChI=1S/C27H28N8O4/c1-36-16-10-8-11-17(37-2)20(16)22-28-25-29-23(21-18(38-3)12-9-13-19(21)39-4)31-27-33-24(32-26(30-22)35(25)27)34-14-6-5-7-15-34/h8-13H,5-7,14-15H2,1-4H3. The molecule has 4 aliphatic heterocycles. The van der Waals surface area contributed by atoms with Crippen molar-refractivity contribution in [3.05, 3.63) is 47.5 Å². The predicted octanol–water partition coefficient (Wildman–Crippen LogP) is 3.17. The third-order valence-electron chi connectivity index (χ3n) is 6.77. The van der Waals surface area contributed by atoms with Gasteiger partial charge in [-0.25, -0.2) is 4.90 Å². The Balaban J connectivity index is 1.57. The van der Waals surface area contributed by atoms with Gasteiger partial charge in [-0.1, -0.05) is 12.1 Å². The molecule has 0 aliphatic carbocycles. The molecular weight excluding hydrogens is 500 g/mol. The summed E-state index contributed by atoms with van der Waals surface area (Å²) in [7, 11) is 6.37. The molecule has 2 aromatic rings. The quantitative estimate of drug-likeness (QED) is 0.569. The van der Waals surface area contributed by atoms with E-state index in [1.807, 2.05) is 36.4 Å². The number of hydrogen-bond donors (Lipinski definition) is 0. The molecule has 0 atom stereocenters. The molecule has 0 radical (unpaired) electrons. The van der Waals surface area contributed by atoms with Crippen LogP contribution in [0.4, 0.5) is 0 Å². The van der Waals surface area contributed by atoms with E-state index in [0.717, 1.165) is 25.9 Å². The maximum atomic E-state index is 5.64. The van der Waals surface area contributed by atoms with Crippen molar-refractivity contribution in [2.75, 3.05) is 41.5 Å². The normalized spacial score (nSPS) is 18.1. The van der Waals surface area contributed by atoms with Crippen molar-refractivity contribution in [2.24, 2.45) is 30.0 Å². The van der Waals surface area contributed by atoms with Gasteiger partial charge in [0.2, 0.25) is 23.8 Å². The molecule has 12 nitrogen and oxygen atoms in total. The van der Waals surface area contributed by atoms with Crippen LogP contribution in [0.15, 0.2) is 66.4 Å². The van der Waals surface area contributed by atoms with Crippen molar-refractivity contribution in [2.45, 2.75) is 19.3 Å². The van der Waals surface area contributed by atoms with Gasteiger partial charge >= 0.3 is 0 Å². The number of methoxy groups -OCH3 is 4. The molecule has 1 saturated heterocycles. The third kappa shape index (κ3) is 4.27. The smallest absolute Gasteiger partial charge is 0.244 e. The highest BCUT2D eigenvalue weighted by Crippen LogP contribution is 2.34. The molecule has 4 heterocycles. The van der Waals surface area contributed by atoms with Crippen molar-refractivity contribution >= 4 is 35.5 Å². The Kier molecular flexibility index (Phi) is 6.43. The third-order valence-corrected chi connectivity index (χ3v) is 6.77. The molecule has 0 unspecified atom stereocenters. The van der Waals surface area contributed by atoms with E-state index < -0.39 is 0 Å². The summed E-state index contributed by atoms with van der Waals surface area (Å²) in [5.41, 5.74) is 1.19. The monoisotopic (exact) mass is 528 g/mol. The Morgan fingerprint density at radius 2 is 0.923 bits per heavy atom. The van der Waals surface area contributed by atoms with Crippen LogP contribution in [-0.4, -0.2) is 86.8 Å². The Hall–Kier alpha value is -4.74. The van der Waals surface area contributed by atoms with Crippen molar-refractivity contribution in [1.29, 1.82) is 0 Å². The van der Waals surface area contributed by atoms with Crippen molar-refractivity contribution < 1.29 is 18.9 Å². The van der Waals surface area contributed by atoms with Gasteiger partial charge in [0.1, 0.15) is 34.1 Å². The van der Waals surface area contributed by atoms with Gasteiger partial charge in [0.15, 0.2) is 11.7 Å². The minimum absolute atomic E-state index is 0.307. The summed E-state index contributed by atoms with van der Waals surface area (Å²) >= 11 is 0. The number of aliphatic imine (C=N–C) groups is 6. The van der Waals surface area contributed by atoms with E-state index in [0.29, 0.717) is 69.6 Å². The van der Waals surface area contributed by atoms with Gasteiger partial charge < -0.3 is 23.8 Å². The van der Waals surface area contributed by atoms with Crippen molar-refractivity contribution in [3.8, 4) is 23.0 Å². The van der Waals surface area contributed by atoms with Crippen LogP contribution < -0.4 is 18.9 Å². The van der Waals surface area contributed by atoms with Crippen molar-refractivity contribution in [3.63, 3.8) is 0 Å². The molecule has 39 heavy (non-hydrogen) atoms. The van der Waals surface area contributed by atoms with E-state index in [-0.39, 0.29) is 0 Å². The molecule has 0 amide bonds. The molecular formula is C27H28N8O4. The molecule has 12 heteroatoms. The van der Waals surface area contributed by atoms with Gasteiger partial charge in [0.05, 0.1) is 28.4 Å². The number of benzene rings is 2. The number of rotatable bonds is 6. The first-order chi connectivity index (χ1) is 19.1. The summed E-state index contributed by atoms with van der Waals surface area (Å²) < 4.78 is 22.6. The van der Waals surface area contributed by atoms with Crippen LogP contribution in [0.3, 0.4) is 0 Å². The van der Waals surface area contributed by atoms with Crippen molar-refractivity contribution in [1.82, 2.24) is 9.80 Å². The van der Waals surface area contributed by atoms with E-state index in [1.165, 1.54) is 6.42 Å². The fourth-order valence-corrected chi connectivity index (χ4v) is 4.88. The van der Waals surface area contributed by atoms with E-state index in [4.69, 9.17) is 48.9 Å². The number of guanidine groups is 4. The lowest BCUT2D eigenvalue weighted by molar-refractivity contribution is 0.339. The van der Waals surface area contributed by atoms with Gasteiger partial charge in [-0.05, 0) is 43.5 Å². The second-order valence-electron chi connectivity index (χ2n) is 8.98. The molecule has 1 fully saturated rings. The Bertz CT molecular complexity index is 1400. The zero-order chi connectivity index (χ0) is 26.9. The lowest BCUT2D eigenvalue weighted by Crippen LogP contribution is -2.50. The topological polar surface area (TPSA) is 118 Å². The molecule has 0 bridgehead atoms. The lowest BCUT2D eigenvalue weighted by atomic mass is 10.1. The summed E-state index contributed by atoms with van der Waals surface area (Å²) in [5.74, 6) is 4.56. The first kappa shape index (κ1) is 24.6. The van der Waals surface area contributed by atoms with E-state index in [9.17, 15) is 0 Å². The highest BCUT2D eigenvalue weighted by Gasteiger charge is 2.38. The van der Waals surface area contributed by atoms with Gasteiger partial charge in [-0.2, -0.15) is 30.0 Å². The number of amidine groups is 2. The lowest BCUT2D eigenvalue weighted by Gasteiger charge is -2.34. The van der Waals surface area contributed by atoms with Gasteiger partial charge in [0.25, 0.3) is 0 Å². The number of piperidine rings is 1. The maximum Gasteiger partial charge on any atom is 0.244 e. The largest absolute Gasteiger partial charge is 0.496 e. The molecule has 2 aromatic carbocycles. The zero-order valence-corrected chi connectivity index (χ0v) is 22.2. The molecule has 0 saturated carbocycles. The first-order valence-corrected chi connectivity index (χ1v) is 12.6.